The number of aryl methyl sites for hydroxylation is 2. The molecule has 2 rings (SSSR count). The molecule has 0 radical (unpaired) electrons. The quantitative estimate of drug-likeness (QED) is 0.636. The monoisotopic (exact) mass is 358 g/mol. The lowest BCUT2D eigenvalue weighted by Gasteiger charge is -2.09. The maximum Gasteiger partial charge on any atom is 0.573 e. The van der Waals surface area contributed by atoms with E-state index < -0.39 is 6.36 Å². The number of thiazole rings is 1. The van der Waals surface area contributed by atoms with Crippen LogP contribution in [0.15, 0.2) is 29.3 Å². The van der Waals surface area contributed by atoms with E-state index >= 15 is 0 Å². The van der Waals surface area contributed by atoms with Crippen LogP contribution in [-0.4, -0.2) is 17.3 Å². The van der Waals surface area contributed by atoms with Crippen LogP contribution in [0.25, 0.3) is 0 Å². The molecule has 5 nitrogen and oxygen atoms in total. The number of ether oxygens (including phenoxy) is 1. The van der Waals surface area contributed by atoms with Crippen molar-refractivity contribution >= 4 is 17.3 Å². The summed E-state index contributed by atoms with van der Waals surface area (Å²) >= 11 is 1.61. The van der Waals surface area contributed by atoms with Gasteiger partial charge in [0.1, 0.15) is 5.75 Å². The number of nitrogens with zero attached hydrogens (tertiary/aromatic N) is 2. The third-order valence-corrected chi connectivity index (χ3v) is 3.95. The molecule has 0 aliphatic carbocycles. The van der Waals surface area contributed by atoms with E-state index in [1.807, 2.05) is 13.8 Å². The molecule has 0 fully saturated rings. The number of hydrogen-bond donors (Lipinski definition) is 2. The lowest BCUT2D eigenvalue weighted by atomic mass is 10.2. The van der Waals surface area contributed by atoms with Crippen molar-refractivity contribution in [1.82, 2.24) is 10.3 Å². The Morgan fingerprint density at radius 1 is 1.29 bits per heavy atom. The Hall–Kier alpha value is -2.29. The van der Waals surface area contributed by atoms with Gasteiger partial charge in [0.05, 0.1) is 23.8 Å². The SMILES string of the molecule is Cc1nc(CNC(N)=NCc2ccc(OC(F)(F)F)cc2)c(C)s1. The van der Waals surface area contributed by atoms with Crippen molar-refractivity contribution < 1.29 is 17.9 Å². The lowest BCUT2D eigenvalue weighted by molar-refractivity contribution is -0.274. The summed E-state index contributed by atoms with van der Waals surface area (Å²) in [5.74, 6) is -0.0219. The van der Waals surface area contributed by atoms with Gasteiger partial charge < -0.3 is 15.8 Å². The first-order valence-electron chi connectivity index (χ1n) is 7.04. The van der Waals surface area contributed by atoms with Gasteiger partial charge in [-0.2, -0.15) is 0 Å². The number of alkyl halides is 3. The summed E-state index contributed by atoms with van der Waals surface area (Å²) in [5, 5.41) is 3.95. The highest BCUT2D eigenvalue weighted by Crippen LogP contribution is 2.22. The molecule has 3 N–H and O–H groups in total. The fourth-order valence-corrected chi connectivity index (χ4v) is 2.77. The smallest absolute Gasteiger partial charge is 0.406 e. The zero-order chi connectivity index (χ0) is 17.7. The molecular weight excluding hydrogens is 341 g/mol. The molecule has 0 aliphatic heterocycles. The largest absolute Gasteiger partial charge is 0.573 e. The van der Waals surface area contributed by atoms with Crippen LogP contribution in [0.3, 0.4) is 0 Å². The van der Waals surface area contributed by atoms with Crippen LogP contribution in [0.4, 0.5) is 13.2 Å². The number of nitrogens with two attached hydrogens (primary N) is 1. The second kappa shape index (κ2) is 7.52. The molecule has 0 aliphatic rings. The highest BCUT2D eigenvalue weighted by atomic mass is 32.1. The van der Waals surface area contributed by atoms with Gasteiger partial charge in [-0.05, 0) is 31.5 Å². The summed E-state index contributed by atoms with van der Waals surface area (Å²) in [4.78, 5) is 9.64. The van der Waals surface area contributed by atoms with E-state index in [9.17, 15) is 13.2 Å². The van der Waals surface area contributed by atoms with E-state index in [4.69, 9.17) is 5.73 Å². The van der Waals surface area contributed by atoms with Crippen LogP contribution in [-0.2, 0) is 13.1 Å². The predicted molar refractivity (Wildman–Crippen MR) is 86.9 cm³/mol. The van der Waals surface area contributed by atoms with Gasteiger partial charge in [0.2, 0.25) is 0 Å². The van der Waals surface area contributed by atoms with Gasteiger partial charge in [0, 0.05) is 4.88 Å². The summed E-state index contributed by atoms with van der Waals surface area (Å²) in [5.41, 5.74) is 7.42. The number of nitrogens with one attached hydrogen (secondary N) is 1. The Morgan fingerprint density at radius 3 is 2.50 bits per heavy atom. The van der Waals surface area contributed by atoms with Crippen molar-refractivity contribution in [1.29, 1.82) is 0 Å². The highest BCUT2D eigenvalue weighted by Gasteiger charge is 2.30. The molecular formula is C15H17F3N4OS. The molecule has 2 aromatic rings. The van der Waals surface area contributed by atoms with E-state index in [2.05, 4.69) is 20.0 Å². The Morgan fingerprint density at radius 2 is 1.96 bits per heavy atom. The fourth-order valence-electron chi connectivity index (χ4n) is 1.94. The number of benzene rings is 1. The third kappa shape index (κ3) is 5.73. The molecule has 0 saturated carbocycles. The average Bonchev–Trinajstić information content (AvgIpc) is 2.81. The van der Waals surface area contributed by atoms with Gasteiger partial charge in [-0.1, -0.05) is 12.1 Å². The van der Waals surface area contributed by atoms with Gasteiger partial charge in [0.25, 0.3) is 0 Å². The summed E-state index contributed by atoms with van der Waals surface area (Å²) in [6, 6.07) is 5.49. The van der Waals surface area contributed by atoms with Crippen LogP contribution in [0.2, 0.25) is 0 Å². The van der Waals surface area contributed by atoms with Gasteiger partial charge in [-0.15, -0.1) is 24.5 Å². The number of hydrogen-bond acceptors (Lipinski definition) is 4. The van der Waals surface area contributed by atoms with Crippen LogP contribution >= 0.6 is 11.3 Å². The van der Waals surface area contributed by atoms with Crippen LogP contribution in [0.1, 0.15) is 21.1 Å². The maximum atomic E-state index is 12.1. The molecule has 0 unspecified atom stereocenters. The van der Waals surface area contributed by atoms with E-state index in [-0.39, 0.29) is 18.3 Å². The second-order valence-corrected chi connectivity index (χ2v) is 6.39. The van der Waals surface area contributed by atoms with Crippen molar-refractivity contribution in [3.8, 4) is 5.75 Å². The molecule has 0 saturated heterocycles. The molecule has 9 heteroatoms. The average molecular weight is 358 g/mol. The standard InChI is InChI=1S/C15H17F3N4OS/c1-9-13(22-10(2)24-9)8-21-14(19)20-7-11-3-5-12(6-4-11)23-15(16,17)18/h3-6H,7-8H2,1-2H3,(H3,19,20,21). The molecule has 0 amide bonds. The van der Waals surface area contributed by atoms with Crippen molar-refractivity contribution in [2.24, 2.45) is 10.7 Å². The zero-order valence-corrected chi connectivity index (χ0v) is 14.0. The minimum absolute atomic E-state index is 0.246. The summed E-state index contributed by atoms with van der Waals surface area (Å²) in [6.07, 6.45) is -4.69. The molecule has 0 spiro atoms. The number of aromatic nitrogens is 1. The Balaban J connectivity index is 1.86. The first-order valence-corrected chi connectivity index (χ1v) is 7.86. The second-order valence-electron chi connectivity index (χ2n) is 4.98. The molecule has 0 atom stereocenters. The Kier molecular flexibility index (Phi) is 5.66. The maximum absolute atomic E-state index is 12.1. The molecule has 1 aromatic carbocycles. The Bertz CT molecular complexity index is 710. The Labute approximate surface area is 141 Å². The van der Waals surface area contributed by atoms with Crippen molar-refractivity contribution in [2.45, 2.75) is 33.3 Å². The molecule has 0 bridgehead atoms. The van der Waals surface area contributed by atoms with Gasteiger partial charge in [0.15, 0.2) is 5.96 Å². The summed E-state index contributed by atoms with van der Waals surface area (Å²) in [7, 11) is 0. The minimum atomic E-state index is -4.69. The van der Waals surface area contributed by atoms with Crippen molar-refractivity contribution in [2.75, 3.05) is 0 Å². The normalized spacial score (nSPS) is 12.3. The molecule has 1 heterocycles. The summed E-state index contributed by atoms with van der Waals surface area (Å²) in [6.45, 7) is 4.65. The van der Waals surface area contributed by atoms with E-state index in [0.717, 1.165) is 21.1 Å². The van der Waals surface area contributed by atoms with Gasteiger partial charge >= 0.3 is 6.36 Å². The topological polar surface area (TPSA) is 72.5 Å². The lowest BCUT2D eigenvalue weighted by Crippen LogP contribution is -2.31. The number of rotatable bonds is 5. The van der Waals surface area contributed by atoms with Crippen LogP contribution in [0, 0.1) is 13.8 Å². The molecule has 130 valence electrons. The fraction of sp³-hybridized carbons (Fsp3) is 0.333. The molecule has 1 aromatic heterocycles. The third-order valence-electron chi connectivity index (χ3n) is 3.03. The van der Waals surface area contributed by atoms with Gasteiger partial charge in [-0.3, -0.25) is 0 Å². The van der Waals surface area contributed by atoms with E-state index in [1.165, 1.54) is 24.3 Å². The van der Waals surface area contributed by atoms with E-state index in [1.54, 1.807) is 11.3 Å². The molecule has 24 heavy (non-hydrogen) atoms. The van der Waals surface area contributed by atoms with Crippen LogP contribution < -0.4 is 15.8 Å². The predicted octanol–water partition coefficient (Wildman–Crippen LogP) is 3.26. The zero-order valence-electron chi connectivity index (χ0n) is 13.1. The van der Waals surface area contributed by atoms with Gasteiger partial charge in [-0.25, -0.2) is 9.98 Å². The number of guanidine groups is 1. The highest BCUT2D eigenvalue weighted by molar-refractivity contribution is 7.11. The number of halogens is 3. The summed E-state index contributed by atoms with van der Waals surface area (Å²) < 4.78 is 40.0. The van der Waals surface area contributed by atoms with Crippen molar-refractivity contribution in [3.05, 3.63) is 45.4 Å². The minimum Gasteiger partial charge on any atom is -0.406 e. The number of aliphatic imine (C=N–C) groups is 1. The van der Waals surface area contributed by atoms with Crippen molar-refractivity contribution in [3.63, 3.8) is 0 Å². The first kappa shape index (κ1) is 18.1. The van der Waals surface area contributed by atoms with E-state index in [0.29, 0.717) is 6.54 Å². The van der Waals surface area contributed by atoms with Crippen LogP contribution in [0.5, 0.6) is 5.75 Å². The first-order chi connectivity index (χ1) is 11.2.